The third kappa shape index (κ3) is 5.64. The van der Waals surface area contributed by atoms with Crippen LogP contribution in [0.5, 0.6) is 0 Å². The number of benzene rings is 1. The standard InChI is InChI=1S/C19H23N3O3/c1-2-25-19(24)16-9-6-10-22(13-16)14-17(11-20)18(23)21-12-15-7-4-3-5-8-15/h3-5,7-8,14,16H,2,6,9-10,12-13H2,1H3,(H,21,23)/b17-14-. The smallest absolute Gasteiger partial charge is 0.310 e. The van der Waals surface area contributed by atoms with E-state index in [9.17, 15) is 14.9 Å². The highest BCUT2D eigenvalue weighted by Gasteiger charge is 2.26. The van der Waals surface area contributed by atoms with Gasteiger partial charge in [-0.05, 0) is 25.3 Å². The molecule has 1 amide bonds. The molecule has 6 nitrogen and oxygen atoms in total. The number of nitrogens with zero attached hydrogens (tertiary/aromatic N) is 2. The van der Waals surface area contributed by atoms with Gasteiger partial charge in [-0.15, -0.1) is 0 Å². The molecular weight excluding hydrogens is 318 g/mol. The van der Waals surface area contributed by atoms with Crippen LogP contribution in [0.2, 0.25) is 0 Å². The number of hydrogen-bond acceptors (Lipinski definition) is 5. The first-order valence-electron chi connectivity index (χ1n) is 8.48. The summed E-state index contributed by atoms with van der Waals surface area (Å²) in [7, 11) is 0. The van der Waals surface area contributed by atoms with Crippen molar-refractivity contribution in [3.05, 3.63) is 47.7 Å². The topological polar surface area (TPSA) is 82.4 Å². The molecule has 0 radical (unpaired) electrons. The van der Waals surface area contributed by atoms with Crippen molar-refractivity contribution in [2.45, 2.75) is 26.3 Å². The minimum Gasteiger partial charge on any atom is -0.466 e. The van der Waals surface area contributed by atoms with Crippen molar-refractivity contribution < 1.29 is 14.3 Å². The zero-order valence-corrected chi connectivity index (χ0v) is 14.4. The van der Waals surface area contributed by atoms with Crippen molar-refractivity contribution in [1.82, 2.24) is 10.2 Å². The Morgan fingerprint density at radius 1 is 1.40 bits per heavy atom. The molecule has 132 valence electrons. The number of nitriles is 1. The number of ether oxygens (including phenoxy) is 1. The molecule has 0 aliphatic carbocycles. The Morgan fingerprint density at radius 2 is 2.16 bits per heavy atom. The number of piperidine rings is 1. The lowest BCUT2D eigenvalue weighted by Gasteiger charge is -2.30. The summed E-state index contributed by atoms with van der Waals surface area (Å²) in [5.41, 5.74) is 1.01. The lowest BCUT2D eigenvalue weighted by atomic mass is 9.98. The molecule has 25 heavy (non-hydrogen) atoms. The van der Waals surface area contributed by atoms with Gasteiger partial charge in [0.25, 0.3) is 5.91 Å². The molecule has 1 aliphatic heterocycles. The zero-order valence-electron chi connectivity index (χ0n) is 14.4. The van der Waals surface area contributed by atoms with Crippen LogP contribution < -0.4 is 5.32 Å². The van der Waals surface area contributed by atoms with Gasteiger partial charge in [0.15, 0.2) is 0 Å². The highest BCUT2D eigenvalue weighted by Crippen LogP contribution is 2.19. The Hall–Kier alpha value is -2.81. The summed E-state index contributed by atoms with van der Waals surface area (Å²) in [5, 5.41) is 12.0. The summed E-state index contributed by atoms with van der Waals surface area (Å²) in [4.78, 5) is 26.0. The second-order valence-corrected chi connectivity index (χ2v) is 5.91. The third-order valence-electron chi connectivity index (χ3n) is 4.05. The highest BCUT2D eigenvalue weighted by molar-refractivity contribution is 5.97. The van der Waals surface area contributed by atoms with Gasteiger partial charge in [0.05, 0.1) is 12.5 Å². The van der Waals surface area contributed by atoms with Gasteiger partial charge in [-0.2, -0.15) is 5.26 Å². The van der Waals surface area contributed by atoms with Gasteiger partial charge in [-0.25, -0.2) is 0 Å². The second kappa shape index (κ2) is 9.48. The Kier molecular flexibility index (Phi) is 7.02. The zero-order chi connectivity index (χ0) is 18.1. The SMILES string of the molecule is CCOC(=O)C1CCCN(/C=C(/C#N)C(=O)NCc2ccccc2)C1. The highest BCUT2D eigenvalue weighted by atomic mass is 16.5. The van der Waals surface area contributed by atoms with Gasteiger partial charge in [0.1, 0.15) is 11.6 Å². The van der Waals surface area contributed by atoms with Gasteiger partial charge in [0, 0.05) is 25.8 Å². The van der Waals surface area contributed by atoms with E-state index in [1.807, 2.05) is 41.3 Å². The molecule has 6 heteroatoms. The monoisotopic (exact) mass is 341 g/mol. The average Bonchev–Trinajstić information content (AvgIpc) is 2.65. The Bertz CT molecular complexity index is 664. The number of nitrogens with one attached hydrogen (secondary N) is 1. The van der Waals surface area contributed by atoms with Crippen molar-refractivity contribution in [2.75, 3.05) is 19.7 Å². The van der Waals surface area contributed by atoms with Crippen LogP contribution in [0.15, 0.2) is 42.1 Å². The maximum Gasteiger partial charge on any atom is 0.310 e. The fourth-order valence-corrected chi connectivity index (χ4v) is 2.77. The Balaban J connectivity index is 1.95. The largest absolute Gasteiger partial charge is 0.466 e. The van der Waals surface area contributed by atoms with E-state index in [4.69, 9.17) is 4.74 Å². The summed E-state index contributed by atoms with van der Waals surface area (Å²) in [6.07, 6.45) is 3.14. The number of hydrogen-bond donors (Lipinski definition) is 1. The summed E-state index contributed by atoms with van der Waals surface area (Å²) in [6, 6.07) is 11.5. The van der Waals surface area contributed by atoms with E-state index in [1.54, 1.807) is 13.1 Å². The van der Waals surface area contributed by atoms with Gasteiger partial charge in [-0.1, -0.05) is 30.3 Å². The lowest BCUT2D eigenvalue weighted by molar-refractivity contribution is -0.149. The van der Waals surface area contributed by atoms with Crippen LogP contribution in [-0.4, -0.2) is 36.5 Å². The van der Waals surface area contributed by atoms with E-state index in [0.717, 1.165) is 18.4 Å². The van der Waals surface area contributed by atoms with Crippen molar-refractivity contribution >= 4 is 11.9 Å². The number of rotatable bonds is 6. The average molecular weight is 341 g/mol. The molecule has 0 saturated carbocycles. The fourth-order valence-electron chi connectivity index (χ4n) is 2.77. The minimum atomic E-state index is -0.412. The molecule has 1 N–H and O–H groups in total. The van der Waals surface area contributed by atoms with Crippen LogP contribution in [-0.2, 0) is 20.9 Å². The van der Waals surface area contributed by atoms with Crippen molar-refractivity contribution in [1.29, 1.82) is 5.26 Å². The van der Waals surface area contributed by atoms with Gasteiger partial charge < -0.3 is 15.0 Å². The second-order valence-electron chi connectivity index (χ2n) is 5.91. The summed E-state index contributed by atoms with van der Waals surface area (Å²) in [5.74, 6) is -0.838. The molecule has 1 unspecified atom stereocenters. The molecule has 1 aromatic carbocycles. The Labute approximate surface area is 148 Å². The first-order chi connectivity index (χ1) is 12.1. The van der Waals surface area contributed by atoms with Crippen LogP contribution in [0.4, 0.5) is 0 Å². The molecule has 1 aromatic rings. The van der Waals surface area contributed by atoms with Gasteiger partial charge >= 0.3 is 5.97 Å². The summed E-state index contributed by atoms with van der Waals surface area (Å²) in [6.45, 7) is 3.69. The number of likely N-dealkylation sites (tertiary alicyclic amines) is 1. The van der Waals surface area contributed by atoms with Gasteiger partial charge in [-0.3, -0.25) is 9.59 Å². The number of carbonyl (C=O) groups excluding carboxylic acids is 2. The molecule has 1 heterocycles. The molecule has 0 bridgehead atoms. The molecule has 0 spiro atoms. The summed E-state index contributed by atoms with van der Waals surface area (Å²) >= 11 is 0. The predicted molar refractivity (Wildman–Crippen MR) is 92.9 cm³/mol. The van der Waals surface area contributed by atoms with Crippen LogP contribution in [0.3, 0.4) is 0 Å². The van der Waals surface area contributed by atoms with Crippen molar-refractivity contribution in [2.24, 2.45) is 5.92 Å². The van der Waals surface area contributed by atoms with E-state index in [2.05, 4.69) is 5.32 Å². The molecule has 1 saturated heterocycles. The Morgan fingerprint density at radius 3 is 2.84 bits per heavy atom. The van der Waals surface area contributed by atoms with Crippen molar-refractivity contribution in [3.8, 4) is 6.07 Å². The quantitative estimate of drug-likeness (QED) is 0.486. The van der Waals surface area contributed by atoms with Crippen LogP contribution in [0, 0.1) is 17.2 Å². The van der Waals surface area contributed by atoms with Crippen LogP contribution in [0.25, 0.3) is 0 Å². The van der Waals surface area contributed by atoms with E-state index < -0.39 is 5.91 Å². The molecule has 1 fully saturated rings. The molecule has 0 aromatic heterocycles. The van der Waals surface area contributed by atoms with Gasteiger partial charge in [0.2, 0.25) is 0 Å². The van der Waals surface area contributed by atoms with E-state index in [-0.39, 0.29) is 17.5 Å². The molecule has 1 atom stereocenters. The summed E-state index contributed by atoms with van der Waals surface area (Å²) < 4.78 is 5.07. The molecule has 2 rings (SSSR count). The third-order valence-corrected chi connectivity index (χ3v) is 4.05. The van der Waals surface area contributed by atoms with E-state index >= 15 is 0 Å². The van der Waals surface area contributed by atoms with Crippen molar-refractivity contribution in [3.63, 3.8) is 0 Å². The first kappa shape index (κ1) is 18.5. The maximum absolute atomic E-state index is 12.2. The number of carbonyl (C=O) groups is 2. The van der Waals surface area contributed by atoms with E-state index in [1.165, 1.54) is 0 Å². The van der Waals surface area contributed by atoms with E-state index in [0.29, 0.717) is 26.2 Å². The van der Waals surface area contributed by atoms with Crippen LogP contribution in [0.1, 0.15) is 25.3 Å². The molecular formula is C19H23N3O3. The minimum absolute atomic E-state index is 0.0421. The number of amides is 1. The molecule has 1 aliphatic rings. The van der Waals surface area contributed by atoms with Crippen LogP contribution >= 0.6 is 0 Å². The first-order valence-corrected chi connectivity index (χ1v) is 8.48. The fraction of sp³-hybridized carbons (Fsp3) is 0.421. The number of esters is 1. The normalized spacial score (nSPS) is 17.5. The predicted octanol–water partition coefficient (Wildman–Crippen LogP) is 1.99. The lowest BCUT2D eigenvalue weighted by Crippen LogP contribution is -2.37. The maximum atomic E-state index is 12.2.